The highest BCUT2D eigenvalue weighted by molar-refractivity contribution is 5.83. The first-order chi connectivity index (χ1) is 20.9. The monoisotopic (exact) mass is 576 g/mol. The van der Waals surface area contributed by atoms with Gasteiger partial charge >= 0.3 is 11.7 Å². The van der Waals surface area contributed by atoms with Crippen molar-refractivity contribution < 1.29 is 19.4 Å². The minimum Gasteiger partial charge on any atom is -0.480 e. The highest BCUT2D eigenvalue weighted by atomic mass is 16.5. The number of pyridine rings is 1. The first kappa shape index (κ1) is 27.3. The summed E-state index contributed by atoms with van der Waals surface area (Å²) in [6, 6.07) is 28.5. The molecule has 0 bridgehead atoms. The summed E-state index contributed by atoms with van der Waals surface area (Å²) in [5.41, 5.74) is 4.83. The molecule has 0 radical (unpaired) electrons. The number of anilines is 2. The second-order valence-electron chi connectivity index (χ2n) is 9.85. The van der Waals surface area contributed by atoms with Crippen LogP contribution in [0.1, 0.15) is 11.1 Å². The third-order valence-electron chi connectivity index (χ3n) is 6.78. The molecule has 3 aromatic carbocycles. The molecule has 0 fully saturated rings. The summed E-state index contributed by atoms with van der Waals surface area (Å²) in [7, 11) is 1.70. The summed E-state index contributed by atoms with van der Waals surface area (Å²) in [5.74, 6) is -0.347. The molecule has 43 heavy (non-hydrogen) atoms. The fraction of sp³-hybridized carbons (Fsp3) is 0.125. The first-order valence-corrected chi connectivity index (χ1v) is 13.5. The van der Waals surface area contributed by atoms with Crippen molar-refractivity contribution in [1.82, 2.24) is 23.9 Å². The second-order valence-corrected chi connectivity index (χ2v) is 9.85. The molecule has 2 N–H and O–H groups in total. The van der Waals surface area contributed by atoms with Crippen molar-refractivity contribution in [3.63, 3.8) is 0 Å². The van der Waals surface area contributed by atoms with Crippen LogP contribution >= 0.6 is 0 Å². The van der Waals surface area contributed by atoms with Crippen LogP contribution < -0.4 is 20.5 Å². The summed E-state index contributed by atoms with van der Waals surface area (Å²) < 4.78 is 16.6. The average Bonchev–Trinajstić information content (AvgIpc) is 3.56. The number of carbonyl (C=O) groups is 1. The number of nitrogens with one attached hydrogen (secondary N) is 1. The van der Waals surface area contributed by atoms with Crippen molar-refractivity contribution >= 4 is 28.4 Å². The van der Waals surface area contributed by atoms with Crippen molar-refractivity contribution in [3.8, 4) is 17.4 Å². The van der Waals surface area contributed by atoms with Crippen molar-refractivity contribution in [2.45, 2.75) is 19.8 Å². The number of benzene rings is 3. The van der Waals surface area contributed by atoms with Crippen molar-refractivity contribution in [1.29, 1.82) is 0 Å². The number of hydrogen-bond donors (Lipinski definition) is 2. The van der Waals surface area contributed by atoms with Crippen LogP contribution in [-0.4, -0.2) is 35.0 Å². The molecule has 6 rings (SSSR count). The first-order valence-electron chi connectivity index (χ1n) is 13.5. The zero-order valence-electron chi connectivity index (χ0n) is 23.3. The van der Waals surface area contributed by atoms with Crippen LogP contribution in [-0.2, 0) is 31.6 Å². The van der Waals surface area contributed by atoms with E-state index in [0.717, 1.165) is 11.1 Å². The molecule has 0 unspecified atom stereocenters. The van der Waals surface area contributed by atoms with Crippen LogP contribution in [0.15, 0.2) is 108 Å². The predicted molar refractivity (Wildman–Crippen MR) is 161 cm³/mol. The SMILES string of the molecule is Cn1c(=O)n(-c2ccc(OCc3ccccc3)nc2OCc2ccccc2)c2ccc(Nc3cnn(CC(=O)O)c3)cc21. The Morgan fingerprint density at radius 3 is 2.26 bits per heavy atom. The molecule has 0 aliphatic carbocycles. The Hall–Kier alpha value is -5.84. The Morgan fingerprint density at radius 2 is 1.56 bits per heavy atom. The molecule has 0 saturated carbocycles. The summed E-state index contributed by atoms with van der Waals surface area (Å²) in [4.78, 5) is 29.2. The van der Waals surface area contributed by atoms with E-state index in [1.165, 1.54) is 4.68 Å². The van der Waals surface area contributed by atoms with E-state index in [0.29, 0.717) is 40.6 Å². The largest absolute Gasteiger partial charge is 0.480 e. The highest BCUT2D eigenvalue weighted by Gasteiger charge is 2.19. The zero-order chi connectivity index (χ0) is 29.8. The normalized spacial score (nSPS) is 11.0. The molecule has 0 atom stereocenters. The Bertz CT molecular complexity index is 1950. The van der Waals surface area contributed by atoms with E-state index in [4.69, 9.17) is 14.6 Å². The minimum absolute atomic E-state index is 0.239. The quantitative estimate of drug-likeness (QED) is 0.223. The van der Waals surface area contributed by atoms with E-state index in [1.54, 1.807) is 40.7 Å². The molecule has 0 saturated heterocycles. The molecule has 11 nitrogen and oxygen atoms in total. The molecule has 3 aromatic heterocycles. The number of hydrogen-bond acceptors (Lipinski definition) is 7. The van der Waals surface area contributed by atoms with Crippen LogP contribution in [0.2, 0.25) is 0 Å². The van der Waals surface area contributed by atoms with Crippen LogP contribution in [0.3, 0.4) is 0 Å². The maximum atomic E-state index is 13.6. The van der Waals surface area contributed by atoms with E-state index in [1.807, 2.05) is 78.9 Å². The molecule has 0 spiro atoms. The number of aliphatic carboxylic acids is 1. The number of fused-ring (bicyclic) bond motifs is 1. The Balaban J connectivity index is 1.34. The molecule has 6 aromatic rings. The van der Waals surface area contributed by atoms with Gasteiger partial charge in [-0.1, -0.05) is 60.7 Å². The third kappa shape index (κ3) is 6.10. The Kier molecular flexibility index (Phi) is 7.60. The average molecular weight is 577 g/mol. The molecule has 3 heterocycles. The number of rotatable bonds is 11. The lowest BCUT2D eigenvalue weighted by atomic mass is 10.2. The van der Waals surface area contributed by atoms with Crippen molar-refractivity contribution in [2.24, 2.45) is 7.05 Å². The zero-order valence-corrected chi connectivity index (χ0v) is 23.3. The summed E-state index contributed by atoms with van der Waals surface area (Å²) in [6.45, 7) is 0.355. The lowest BCUT2D eigenvalue weighted by Crippen LogP contribution is -2.21. The van der Waals surface area contributed by atoms with Gasteiger partial charge in [-0.05, 0) is 35.4 Å². The van der Waals surface area contributed by atoms with E-state index in [2.05, 4.69) is 15.4 Å². The second kappa shape index (κ2) is 12.0. The molecular formula is C32H28N6O5. The summed E-state index contributed by atoms with van der Waals surface area (Å²) >= 11 is 0. The van der Waals surface area contributed by atoms with Crippen molar-refractivity contribution in [2.75, 3.05) is 5.32 Å². The number of imidazole rings is 1. The van der Waals surface area contributed by atoms with Gasteiger partial charge in [-0.2, -0.15) is 10.1 Å². The maximum Gasteiger partial charge on any atom is 0.333 e. The molecule has 0 amide bonds. The number of carboxylic acids is 1. The van der Waals surface area contributed by atoms with Gasteiger partial charge in [0.1, 0.15) is 25.4 Å². The van der Waals surface area contributed by atoms with E-state index in [-0.39, 0.29) is 24.7 Å². The van der Waals surface area contributed by atoms with Crippen LogP contribution in [0.25, 0.3) is 16.7 Å². The van der Waals surface area contributed by atoms with E-state index < -0.39 is 5.97 Å². The van der Waals surface area contributed by atoms with Gasteiger partial charge in [0.15, 0.2) is 0 Å². The van der Waals surface area contributed by atoms with Gasteiger partial charge in [-0.25, -0.2) is 4.79 Å². The highest BCUT2D eigenvalue weighted by Crippen LogP contribution is 2.29. The minimum atomic E-state index is -0.982. The van der Waals surface area contributed by atoms with Crippen LogP contribution in [0.4, 0.5) is 11.4 Å². The molecule has 0 aliphatic rings. The van der Waals surface area contributed by atoms with Gasteiger partial charge < -0.3 is 19.9 Å². The number of ether oxygens (including phenoxy) is 2. The number of nitrogens with zero attached hydrogens (tertiary/aromatic N) is 5. The topological polar surface area (TPSA) is 125 Å². The van der Waals surface area contributed by atoms with E-state index in [9.17, 15) is 9.59 Å². The summed E-state index contributed by atoms with van der Waals surface area (Å²) in [6.07, 6.45) is 3.15. The third-order valence-corrected chi connectivity index (χ3v) is 6.78. The van der Waals surface area contributed by atoms with Crippen molar-refractivity contribution in [3.05, 3.63) is 125 Å². The molecule has 11 heteroatoms. The van der Waals surface area contributed by atoms with Gasteiger partial charge in [-0.15, -0.1) is 0 Å². The lowest BCUT2D eigenvalue weighted by Gasteiger charge is -2.14. The van der Waals surface area contributed by atoms with Crippen LogP contribution in [0.5, 0.6) is 11.8 Å². The molecular weight excluding hydrogens is 548 g/mol. The van der Waals surface area contributed by atoms with Gasteiger partial charge in [0.05, 0.1) is 22.9 Å². The molecule has 216 valence electrons. The summed E-state index contributed by atoms with van der Waals surface area (Å²) in [5, 5.41) is 16.3. The number of carboxylic acid groups (broad SMARTS) is 1. The smallest absolute Gasteiger partial charge is 0.333 e. The number of aromatic nitrogens is 5. The molecule has 0 aliphatic heterocycles. The standard InChI is InChI=1S/C32H28N6O5/c1-36-28-16-24(34-25-17-33-37(18-25)19-30(39)40)12-13-26(28)38(32(36)41)27-14-15-29(42-20-22-8-4-2-5-9-22)35-31(27)43-21-23-10-6-3-7-11-23/h2-18,34H,19-21H2,1H3,(H,39,40). The lowest BCUT2D eigenvalue weighted by molar-refractivity contribution is -0.137. The van der Waals surface area contributed by atoms with Gasteiger partial charge in [-0.3, -0.25) is 18.6 Å². The van der Waals surface area contributed by atoms with Gasteiger partial charge in [0.2, 0.25) is 11.8 Å². The fourth-order valence-electron chi connectivity index (χ4n) is 4.70. The Morgan fingerprint density at radius 1 is 0.860 bits per heavy atom. The van der Waals surface area contributed by atoms with Crippen LogP contribution in [0, 0.1) is 0 Å². The Labute approximate surface area is 246 Å². The van der Waals surface area contributed by atoms with Gasteiger partial charge in [0.25, 0.3) is 0 Å². The number of aryl methyl sites for hydroxylation is 1. The van der Waals surface area contributed by atoms with E-state index >= 15 is 0 Å². The van der Waals surface area contributed by atoms with Gasteiger partial charge in [0, 0.05) is 25.0 Å². The maximum absolute atomic E-state index is 13.6. The fourth-order valence-corrected chi connectivity index (χ4v) is 4.70. The predicted octanol–water partition coefficient (Wildman–Crippen LogP) is 4.91.